The Morgan fingerprint density at radius 2 is 1.50 bits per heavy atom. The van der Waals surface area contributed by atoms with Crippen LogP contribution in [0.15, 0.2) is 42.5 Å². The minimum absolute atomic E-state index is 0.0547. The van der Waals surface area contributed by atoms with Crippen LogP contribution in [0.4, 0.5) is 17.1 Å². The van der Waals surface area contributed by atoms with E-state index in [1.165, 1.54) is 13.3 Å². The fourth-order valence-corrected chi connectivity index (χ4v) is 4.61. The van der Waals surface area contributed by atoms with Gasteiger partial charge in [0.25, 0.3) is 5.91 Å². The number of para-hydroxylation sites is 2. The van der Waals surface area contributed by atoms with Gasteiger partial charge in [-0.05, 0) is 49.6 Å². The fourth-order valence-electron chi connectivity index (χ4n) is 4.61. The van der Waals surface area contributed by atoms with Gasteiger partial charge < -0.3 is 24.8 Å². The summed E-state index contributed by atoms with van der Waals surface area (Å²) in [5.41, 5.74) is 3.37. The maximum atomic E-state index is 13.4. The van der Waals surface area contributed by atoms with Gasteiger partial charge in [0.2, 0.25) is 5.91 Å². The molecule has 2 aliphatic heterocycles. The quantitative estimate of drug-likeness (QED) is 0.776. The number of carbonyl (C=O) groups is 2. The van der Waals surface area contributed by atoms with Crippen molar-refractivity contribution in [2.75, 3.05) is 61.5 Å². The highest BCUT2D eigenvalue weighted by atomic mass is 16.5. The van der Waals surface area contributed by atoms with E-state index in [0.717, 1.165) is 69.2 Å². The summed E-state index contributed by atoms with van der Waals surface area (Å²) < 4.78 is 5.53. The number of anilines is 3. The fraction of sp³-hybridized carbons (Fsp3) is 0.440. The Balaban J connectivity index is 1.56. The van der Waals surface area contributed by atoms with Gasteiger partial charge in [0, 0.05) is 57.6 Å². The van der Waals surface area contributed by atoms with E-state index in [-0.39, 0.29) is 11.8 Å². The minimum atomic E-state index is -0.139. The van der Waals surface area contributed by atoms with Crippen LogP contribution < -0.4 is 19.9 Å². The van der Waals surface area contributed by atoms with Crippen molar-refractivity contribution in [1.29, 1.82) is 0 Å². The van der Waals surface area contributed by atoms with Crippen LogP contribution in [-0.2, 0) is 4.79 Å². The zero-order valence-corrected chi connectivity index (χ0v) is 19.0. The molecular weight excluding hydrogens is 404 g/mol. The van der Waals surface area contributed by atoms with Crippen molar-refractivity contribution in [3.05, 3.63) is 48.0 Å². The summed E-state index contributed by atoms with van der Waals surface area (Å²) >= 11 is 0. The summed E-state index contributed by atoms with van der Waals surface area (Å²) in [5, 5.41) is 2.82. The number of methoxy groups -OCH3 is 1. The number of hydrogen-bond acceptors (Lipinski definition) is 5. The third-order valence-electron chi connectivity index (χ3n) is 6.24. The SMILES string of the molecule is COc1ccccc1N1CCN(c2ccc(NC(C)=O)cc2C(=O)N2CCCCC2)CC1. The number of piperidine rings is 1. The number of benzene rings is 2. The lowest BCUT2D eigenvalue weighted by Crippen LogP contribution is -2.47. The Morgan fingerprint density at radius 3 is 2.16 bits per heavy atom. The standard InChI is InChI=1S/C25H32N4O3/c1-19(30)26-20-10-11-22(21(18-20)25(31)29-12-6-3-7-13-29)27-14-16-28(17-15-27)23-8-4-5-9-24(23)32-2/h4-5,8-11,18H,3,6-7,12-17H2,1-2H3,(H,26,30). The molecule has 2 fully saturated rings. The monoisotopic (exact) mass is 436 g/mol. The molecule has 32 heavy (non-hydrogen) atoms. The first kappa shape index (κ1) is 22.0. The zero-order chi connectivity index (χ0) is 22.5. The number of ether oxygens (including phenoxy) is 1. The van der Waals surface area contributed by atoms with E-state index < -0.39 is 0 Å². The van der Waals surface area contributed by atoms with Crippen LogP contribution in [0.2, 0.25) is 0 Å². The van der Waals surface area contributed by atoms with Crippen LogP contribution in [0.3, 0.4) is 0 Å². The van der Waals surface area contributed by atoms with E-state index in [9.17, 15) is 9.59 Å². The number of nitrogens with zero attached hydrogens (tertiary/aromatic N) is 3. The molecule has 0 unspecified atom stereocenters. The first-order chi connectivity index (χ1) is 15.6. The van der Waals surface area contributed by atoms with Gasteiger partial charge in [-0.15, -0.1) is 0 Å². The summed E-state index contributed by atoms with van der Waals surface area (Å²) in [7, 11) is 1.70. The Morgan fingerprint density at radius 1 is 0.844 bits per heavy atom. The molecule has 4 rings (SSSR count). The highest BCUT2D eigenvalue weighted by Gasteiger charge is 2.26. The topological polar surface area (TPSA) is 65.1 Å². The summed E-state index contributed by atoms with van der Waals surface area (Å²) in [6.07, 6.45) is 3.27. The number of rotatable bonds is 5. The molecule has 0 saturated carbocycles. The van der Waals surface area contributed by atoms with Crippen molar-refractivity contribution in [1.82, 2.24) is 4.90 Å². The molecule has 0 radical (unpaired) electrons. The molecule has 2 saturated heterocycles. The lowest BCUT2D eigenvalue weighted by molar-refractivity contribution is -0.114. The van der Waals surface area contributed by atoms with E-state index in [0.29, 0.717) is 11.3 Å². The summed E-state index contributed by atoms with van der Waals surface area (Å²) in [4.78, 5) is 31.6. The van der Waals surface area contributed by atoms with Gasteiger partial charge >= 0.3 is 0 Å². The van der Waals surface area contributed by atoms with Crippen LogP contribution in [0, 0.1) is 0 Å². The molecule has 2 aromatic carbocycles. The number of piperazine rings is 1. The van der Waals surface area contributed by atoms with Gasteiger partial charge in [0.1, 0.15) is 5.75 Å². The molecule has 1 N–H and O–H groups in total. The highest BCUT2D eigenvalue weighted by Crippen LogP contribution is 2.31. The molecule has 2 aliphatic rings. The van der Waals surface area contributed by atoms with Crippen LogP contribution in [-0.4, -0.2) is 63.1 Å². The van der Waals surface area contributed by atoms with E-state index in [4.69, 9.17) is 4.74 Å². The molecule has 0 atom stereocenters. The number of hydrogen-bond donors (Lipinski definition) is 1. The maximum absolute atomic E-state index is 13.4. The van der Waals surface area contributed by atoms with Crippen molar-refractivity contribution in [3.63, 3.8) is 0 Å². The second kappa shape index (κ2) is 9.94. The summed E-state index contributed by atoms with van der Waals surface area (Å²) in [5.74, 6) is 0.792. The number of likely N-dealkylation sites (tertiary alicyclic amines) is 1. The lowest BCUT2D eigenvalue weighted by atomic mass is 10.1. The van der Waals surface area contributed by atoms with E-state index in [1.807, 2.05) is 41.3 Å². The van der Waals surface area contributed by atoms with Crippen molar-refractivity contribution in [3.8, 4) is 5.75 Å². The third kappa shape index (κ3) is 4.82. The Hall–Kier alpha value is -3.22. The van der Waals surface area contributed by atoms with Crippen LogP contribution in [0.1, 0.15) is 36.5 Å². The van der Waals surface area contributed by atoms with Crippen LogP contribution in [0.25, 0.3) is 0 Å². The molecule has 170 valence electrons. The van der Waals surface area contributed by atoms with Gasteiger partial charge in [0.15, 0.2) is 0 Å². The van der Waals surface area contributed by atoms with Crippen molar-refractivity contribution in [2.45, 2.75) is 26.2 Å². The molecule has 7 nitrogen and oxygen atoms in total. The molecule has 0 spiro atoms. The average Bonchev–Trinajstić information content (AvgIpc) is 2.84. The summed E-state index contributed by atoms with van der Waals surface area (Å²) in [6, 6.07) is 13.8. The van der Waals surface area contributed by atoms with Gasteiger partial charge in [-0.3, -0.25) is 9.59 Å². The van der Waals surface area contributed by atoms with Gasteiger partial charge in [0.05, 0.1) is 18.4 Å². The van der Waals surface area contributed by atoms with Crippen molar-refractivity contribution < 1.29 is 14.3 Å². The molecule has 0 aliphatic carbocycles. The molecular formula is C25H32N4O3. The summed E-state index contributed by atoms with van der Waals surface area (Å²) in [6.45, 7) is 6.36. The van der Waals surface area contributed by atoms with E-state index >= 15 is 0 Å². The lowest BCUT2D eigenvalue weighted by Gasteiger charge is -2.39. The van der Waals surface area contributed by atoms with Crippen LogP contribution >= 0.6 is 0 Å². The molecule has 0 aromatic heterocycles. The third-order valence-corrected chi connectivity index (χ3v) is 6.24. The maximum Gasteiger partial charge on any atom is 0.256 e. The van der Waals surface area contributed by atoms with Crippen LogP contribution in [0.5, 0.6) is 5.75 Å². The Bertz CT molecular complexity index is 963. The largest absolute Gasteiger partial charge is 0.495 e. The predicted molar refractivity (Wildman–Crippen MR) is 128 cm³/mol. The predicted octanol–water partition coefficient (Wildman–Crippen LogP) is 3.61. The molecule has 2 heterocycles. The molecule has 7 heteroatoms. The normalized spacial score (nSPS) is 16.6. The zero-order valence-electron chi connectivity index (χ0n) is 19.0. The first-order valence-corrected chi connectivity index (χ1v) is 11.4. The van der Waals surface area contributed by atoms with Gasteiger partial charge in [-0.1, -0.05) is 12.1 Å². The van der Waals surface area contributed by atoms with Gasteiger partial charge in [-0.25, -0.2) is 0 Å². The van der Waals surface area contributed by atoms with Gasteiger partial charge in [-0.2, -0.15) is 0 Å². The van der Waals surface area contributed by atoms with E-state index in [1.54, 1.807) is 7.11 Å². The molecule has 2 aromatic rings. The highest BCUT2D eigenvalue weighted by molar-refractivity contribution is 6.02. The van der Waals surface area contributed by atoms with Crippen molar-refractivity contribution in [2.24, 2.45) is 0 Å². The number of nitrogens with one attached hydrogen (secondary N) is 1. The first-order valence-electron chi connectivity index (χ1n) is 11.4. The molecule has 0 bridgehead atoms. The van der Waals surface area contributed by atoms with E-state index in [2.05, 4.69) is 21.2 Å². The number of amides is 2. The smallest absolute Gasteiger partial charge is 0.256 e. The Kier molecular flexibility index (Phi) is 6.83. The van der Waals surface area contributed by atoms with Crippen molar-refractivity contribution >= 4 is 28.9 Å². The average molecular weight is 437 g/mol. The Labute approximate surface area is 189 Å². The molecule has 2 amide bonds. The second-order valence-electron chi connectivity index (χ2n) is 8.41. The minimum Gasteiger partial charge on any atom is -0.495 e. The second-order valence-corrected chi connectivity index (χ2v) is 8.41. The number of carbonyl (C=O) groups excluding carboxylic acids is 2.